The van der Waals surface area contributed by atoms with Crippen molar-refractivity contribution >= 4 is 22.4 Å². The molecule has 2 N–H and O–H groups in total. The van der Waals surface area contributed by atoms with Crippen LogP contribution in [0.15, 0.2) is 0 Å². The fourth-order valence-electron chi connectivity index (χ4n) is 1.00. The van der Waals surface area contributed by atoms with Gasteiger partial charge in [0.05, 0.1) is 0 Å². The Labute approximate surface area is 95.3 Å². The van der Waals surface area contributed by atoms with Gasteiger partial charge in [0.1, 0.15) is 0 Å². The lowest BCUT2D eigenvalue weighted by Gasteiger charge is -2.08. The number of hydrogen-bond acceptors (Lipinski definition) is 5. The van der Waals surface area contributed by atoms with Gasteiger partial charge in [-0.1, -0.05) is 18.3 Å². The molecule has 1 unspecified atom stereocenters. The van der Waals surface area contributed by atoms with Gasteiger partial charge in [-0.25, -0.2) is 8.78 Å². The first kappa shape index (κ1) is 12.9. The van der Waals surface area contributed by atoms with Gasteiger partial charge in [-0.3, -0.25) is 4.79 Å². The van der Waals surface area contributed by atoms with E-state index in [4.69, 9.17) is 0 Å². The molecule has 0 radical (unpaired) electrons. The highest BCUT2D eigenvalue weighted by Gasteiger charge is 2.17. The van der Waals surface area contributed by atoms with Crippen molar-refractivity contribution in [2.24, 2.45) is 5.92 Å². The number of rotatable bonds is 5. The highest BCUT2D eigenvalue weighted by molar-refractivity contribution is 7.15. The third-order valence-electron chi connectivity index (χ3n) is 1.82. The zero-order valence-electron chi connectivity index (χ0n) is 8.83. The van der Waals surface area contributed by atoms with Gasteiger partial charge in [-0.15, -0.1) is 10.2 Å². The summed E-state index contributed by atoms with van der Waals surface area (Å²) in [7, 11) is 1.73. The van der Waals surface area contributed by atoms with E-state index in [0.717, 1.165) is 0 Å². The highest BCUT2D eigenvalue weighted by atomic mass is 32.1. The summed E-state index contributed by atoms with van der Waals surface area (Å²) in [6, 6.07) is 0. The maximum atomic E-state index is 12.2. The molecule has 0 saturated heterocycles. The Bertz CT molecular complexity index is 358. The maximum Gasteiger partial charge on any atom is 0.291 e. The molecule has 8 heteroatoms. The lowest BCUT2D eigenvalue weighted by molar-refractivity contribution is -0.119. The highest BCUT2D eigenvalue weighted by Crippen LogP contribution is 2.25. The minimum absolute atomic E-state index is 0.100. The van der Waals surface area contributed by atoms with E-state index < -0.39 is 11.4 Å². The van der Waals surface area contributed by atoms with E-state index in [1.165, 1.54) is 0 Å². The molecule has 0 bridgehead atoms. The fourth-order valence-corrected chi connectivity index (χ4v) is 1.60. The molecule has 5 nitrogen and oxygen atoms in total. The van der Waals surface area contributed by atoms with Crippen LogP contribution in [0.5, 0.6) is 0 Å². The van der Waals surface area contributed by atoms with Gasteiger partial charge < -0.3 is 10.6 Å². The third-order valence-corrected chi connectivity index (χ3v) is 2.66. The number of anilines is 1. The van der Waals surface area contributed by atoms with Crippen LogP contribution in [0.4, 0.5) is 13.9 Å². The second-order valence-corrected chi connectivity index (χ2v) is 4.20. The largest absolute Gasteiger partial charge is 0.319 e. The van der Waals surface area contributed by atoms with Crippen molar-refractivity contribution < 1.29 is 13.6 Å². The van der Waals surface area contributed by atoms with E-state index in [1.807, 2.05) is 0 Å². The summed E-state index contributed by atoms with van der Waals surface area (Å²) in [6.07, 6.45) is -2.65. The molecule has 1 rings (SSSR count). The Morgan fingerprint density at radius 2 is 2.19 bits per heavy atom. The van der Waals surface area contributed by atoms with Crippen LogP contribution < -0.4 is 10.6 Å². The summed E-state index contributed by atoms with van der Waals surface area (Å²) in [5, 5.41) is 11.7. The van der Waals surface area contributed by atoms with E-state index in [0.29, 0.717) is 17.9 Å². The van der Waals surface area contributed by atoms with Crippen LogP contribution in [0.2, 0.25) is 0 Å². The smallest absolute Gasteiger partial charge is 0.291 e. The average molecular weight is 250 g/mol. The lowest BCUT2D eigenvalue weighted by atomic mass is 10.2. The second kappa shape index (κ2) is 5.80. The standard InChI is InChI=1S/C8H12F2N4OS/c1-4(3-11-2)6(15)12-8-14-13-7(16-8)5(9)10/h4-5,11H,3H2,1-2H3,(H,12,14,15). The summed E-state index contributed by atoms with van der Waals surface area (Å²) < 4.78 is 24.4. The van der Waals surface area contributed by atoms with E-state index >= 15 is 0 Å². The number of carbonyl (C=O) groups is 1. The molecule has 1 heterocycles. The zero-order valence-corrected chi connectivity index (χ0v) is 9.65. The predicted octanol–water partition coefficient (Wildman–Crippen LogP) is 1.27. The van der Waals surface area contributed by atoms with Crippen molar-refractivity contribution in [3.8, 4) is 0 Å². The average Bonchev–Trinajstić information content (AvgIpc) is 2.66. The van der Waals surface area contributed by atoms with Crippen LogP contribution in [0.25, 0.3) is 0 Å². The molecule has 1 aromatic rings. The summed E-state index contributed by atoms with van der Waals surface area (Å²) >= 11 is 0.680. The lowest BCUT2D eigenvalue weighted by Crippen LogP contribution is -2.28. The normalized spacial score (nSPS) is 12.8. The van der Waals surface area contributed by atoms with Crippen molar-refractivity contribution in [3.63, 3.8) is 0 Å². The molecule has 16 heavy (non-hydrogen) atoms. The first-order valence-corrected chi connectivity index (χ1v) is 5.43. The maximum absolute atomic E-state index is 12.2. The van der Waals surface area contributed by atoms with Crippen molar-refractivity contribution in [3.05, 3.63) is 5.01 Å². The Morgan fingerprint density at radius 3 is 2.69 bits per heavy atom. The summed E-state index contributed by atoms with van der Waals surface area (Å²) in [6.45, 7) is 2.23. The quantitative estimate of drug-likeness (QED) is 0.826. The number of nitrogens with one attached hydrogen (secondary N) is 2. The molecule has 0 aliphatic carbocycles. The topological polar surface area (TPSA) is 66.9 Å². The van der Waals surface area contributed by atoms with E-state index in [1.54, 1.807) is 14.0 Å². The molecule has 0 aliphatic rings. The van der Waals surface area contributed by atoms with Crippen LogP contribution >= 0.6 is 11.3 Å². The van der Waals surface area contributed by atoms with Crippen LogP contribution in [0.1, 0.15) is 18.4 Å². The predicted molar refractivity (Wildman–Crippen MR) is 56.6 cm³/mol. The van der Waals surface area contributed by atoms with Gasteiger partial charge in [0.25, 0.3) is 6.43 Å². The minimum atomic E-state index is -2.65. The monoisotopic (exact) mass is 250 g/mol. The zero-order chi connectivity index (χ0) is 12.1. The van der Waals surface area contributed by atoms with Crippen molar-refractivity contribution in [1.29, 1.82) is 0 Å². The molecule has 90 valence electrons. The van der Waals surface area contributed by atoms with E-state index in [2.05, 4.69) is 20.8 Å². The first-order valence-electron chi connectivity index (χ1n) is 4.61. The van der Waals surface area contributed by atoms with Crippen LogP contribution in [-0.4, -0.2) is 29.7 Å². The molecule has 0 aromatic carbocycles. The van der Waals surface area contributed by atoms with Crippen LogP contribution in [0.3, 0.4) is 0 Å². The molecule has 0 saturated carbocycles. The molecular formula is C8H12F2N4OS. The number of alkyl halides is 2. The van der Waals surface area contributed by atoms with Gasteiger partial charge in [0.2, 0.25) is 11.0 Å². The van der Waals surface area contributed by atoms with Gasteiger partial charge in [0.15, 0.2) is 5.01 Å². The van der Waals surface area contributed by atoms with E-state index in [-0.39, 0.29) is 17.0 Å². The third kappa shape index (κ3) is 3.46. The van der Waals surface area contributed by atoms with Crippen molar-refractivity contribution in [2.45, 2.75) is 13.3 Å². The Kier molecular flexibility index (Phi) is 4.69. The fraction of sp³-hybridized carbons (Fsp3) is 0.625. The van der Waals surface area contributed by atoms with E-state index in [9.17, 15) is 13.6 Å². The second-order valence-electron chi connectivity index (χ2n) is 3.19. The van der Waals surface area contributed by atoms with Crippen LogP contribution in [-0.2, 0) is 4.79 Å². The molecule has 0 spiro atoms. The Balaban J connectivity index is 2.56. The molecule has 1 aromatic heterocycles. The summed E-state index contributed by atoms with van der Waals surface area (Å²) in [5.41, 5.74) is 0. The van der Waals surface area contributed by atoms with Gasteiger partial charge in [0, 0.05) is 12.5 Å². The first-order chi connectivity index (χ1) is 7.54. The van der Waals surface area contributed by atoms with Crippen molar-refractivity contribution in [1.82, 2.24) is 15.5 Å². The number of halogens is 2. The Hall–Kier alpha value is -1.15. The molecular weight excluding hydrogens is 238 g/mol. The Morgan fingerprint density at radius 1 is 1.50 bits per heavy atom. The number of aromatic nitrogens is 2. The van der Waals surface area contributed by atoms with Gasteiger partial charge in [-0.05, 0) is 7.05 Å². The number of nitrogens with zero attached hydrogens (tertiary/aromatic N) is 2. The molecule has 1 amide bonds. The van der Waals surface area contributed by atoms with Crippen LogP contribution in [0, 0.1) is 5.92 Å². The number of amides is 1. The molecule has 0 fully saturated rings. The minimum Gasteiger partial charge on any atom is -0.319 e. The van der Waals surface area contributed by atoms with Crippen molar-refractivity contribution in [2.75, 3.05) is 18.9 Å². The van der Waals surface area contributed by atoms with Gasteiger partial charge in [-0.2, -0.15) is 0 Å². The molecule has 1 atom stereocenters. The SMILES string of the molecule is CNCC(C)C(=O)Nc1nnc(C(F)F)s1. The summed E-state index contributed by atoms with van der Waals surface area (Å²) in [4.78, 5) is 11.5. The summed E-state index contributed by atoms with van der Waals surface area (Å²) in [5.74, 6) is -0.532. The number of carbonyl (C=O) groups excluding carboxylic acids is 1. The number of hydrogen-bond donors (Lipinski definition) is 2. The van der Waals surface area contributed by atoms with Gasteiger partial charge >= 0.3 is 0 Å². The molecule has 0 aliphatic heterocycles.